The number of benzene rings is 1. The Hall–Kier alpha value is -1.31. The first kappa shape index (κ1) is 10.2. The van der Waals surface area contributed by atoms with Crippen molar-refractivity contribution in [3.63, 3.8) is 0 Å². The van der Waals surface area contributed by atoms with Crippen molar-refractivity contribution in [1.82, 2.24) is 0 Å². The summed E-state index contributed by atoms with van der Waals surface area (Å²) in [5.41, 5.74) is 1.18. The largest absolute Gasteiger partial charge is 0.426 e. The van der Waals surface area contributed by atoms with E-state index in [0.29, 0.717) is 5.75 Å². The lowest BCUT2D eigenvalue weighted by Gasteiger charge is -2.08. The van der Waals surface area contributed by atoms with Gasteiger partial charge in [0.1, 0.15) is 5.75 Å². The van der Waals surface area contributed by atoms with E-state index < -0.39 is 0 Å². The molecule has 1 aliphatic carbocycles. The molecule has 0 aliphatic heterocycles. The molecule has 80 valence electrons. The molecule has 1 saturated carbocycles. The van der Waals surface area contributed by atoms with Gasteiger partial charge in [-0.3, -0.25) is 4.79 Å². The van der Waals surface area contributed by atoms with Crippen LogP contribution in [0.5, 0.6) is 5.75 Å². The van der Waals surface area contributed by atoms with Crippen LogP contribution in [0.25, 0.3) is 0 Å². The maximum atomic E-state index is 11.7. The highest BCUT2D eigenvalue weighted by Crippen LogP contribution is 2.26. The van der Waals surface area contributed by atoms with Crippen molar-refractivity contribution in [2.24, 2.45) is 5.92 Å². The molecule has 0 saturated heterocycles. The van der Waals surface area contributed by atoms with Crippen LogP contribution in [-0.2, 0) is 4.79 Å². The van der Waals surface area contributed by atoms with Crippen LogP contribution in [-0.4, -0.2) is 5.97 Å². The first-order chi connectivity index (χ1) is 7.25. The average molecular weight is 204 g/mol. The minimum atomic E-state index is -0.0589. The van der Waals surface area contributed by atoms with Crippen molar-refractivity contribution in [2.45, 2.75) is 32.6 Å². The van der Waals surface area contributed by atoms with E-state index in [-0.39, 0.29) is 11.9 Å². The Morgan fingerprint density at radius 3 is 2.40 bits per heavy atom. The summed E-state index contributed by atoms with van der Waals surface area (Å²) in [7, 11) is 0. The second-order valence-electron chi connectivity index (χ2n) is 4.22. The Kier molecular flexibility index (Phi) is 3.05. The van der Waals surface area contributed by atoms with Crippen molar-refractivity contribution in [2.75, 3.05) is 0 Å². The molecule has 0 unspecified atom stereocenters. The lowest BCUT2D eigenvalue weighted by atomic mass is 10.1. The van der Waals surface area contributed by atoms with Gasteiger partial charge in [0.05, 0.1) is 5.92 Å². The summed E-state index contributed by atoms with van der Waals surface area (Å²) in [6.07, 6.45) is 4.30. The zero-order valence-corrected chi connectivity index (χ0v) is 9.03. The molecule has 1 fully saturated rings. The zero-order chi connectivity index (χ0) is 10.7. The standard InChI is InChI=1S/C13H16O2/c1-10-6-8-12(9-7-10)15-13(14)11-4-2-3-5-11/h6-9,11H,2-5H2,1H3. The predicted molar refractivity (Wildman–Crippen MR) is 58.8 cm³/mol. The van der Waals surface area contributed by atoms with Crippen molar-refractivity contribution in [1.29, 1.82) is 0 Å². The van der Waals surface area contributed by atoms with Crippen LogP contribution in [0.3, 0.4) is 0 Å². The van der Waals surface area contributed by atoms with E-state index in [2.05, 4.69) is 0 Å². The first-order valence-corrected chi connectivity index (χ1v) is 5.54. The van der Waals surface area contributed by atoms with Gasteiger partial charge in [-0.1, -0.05) is 30.5 Å². The molecule has 0 N–H and O–H groups in total. The molecule has 0 heterocycles. The number of ether oxygens (including phenoxy) is 1. The van der Waals surface area contributed by atoms with Gasteiger partial charge < -0.3 is 4.74 Å². The minimum Gasteiger partial charge on any atom is -0.426 e. The summed E-state index contributed by atoms with van der Waals surface area (Å²) in [4.78, 5) is 11.7. The van der Waals surface area contributed by atoms with Gasteiger partial charge in [0.15, 0.2) is 0 Å². The fraction of sp³-hybridized carbons (Fsp3) is 0.462. The van der Waals surface area contributed by atoms with E-state index in [9.17, 15) is 4.79 Å². The quantitative estimate of drug-likeness (QED) is 0.546. The highest BCUT2D eigenvalue weighted by molar-refractivity contribution is 5.75. The van der Waals surface area contributed by atoms with Gasteiger partial charge in [-0.25, -0.2) is 0 Å². The number of hydrogen-bond acceptors (Lipinski definition) is 2. The fourth-order valence-corrected chi connectivity index (χ4v) is 1.97. The number of rotatable bonds is 2. The van der Waals surface area contributed by atoms with E-state index in [0.717, 1.165) is 25.7 Å². The first-order valence-electron chi connectivity index (χ1n) is 5.54. The van der Waals surface area contributed by atoms with Gasteiger partial charge in [0, 0.05) is 0 Å². The molecule has 1 aromatic rings. The lowest BCUT2D eigenvalue weighted by molar-refractivity contribution is -0.138. The van der Waals surface area contributed by atoms with E-state index in [1.807, 2.05) is 31.2 Å². The average Bonchev–Trinajstić information content (AvgIpc) is 2.74. The Labute approximate surface area is 90.3 Å². The van der Waals surface area contributed by atoms with Gasteiger partial charge in [0.25, 0.3) is 0 Å². The SMILES string of the molecule is Cc1ccc(OC(=O)C2CCCC2)cc1. The maximum absolute atomic E-state index is 11.7. The highest BCUT2D eigenvalue weighted by Gasteiger charge is 2.24. The third-order valence-electron chi connectivity index (χ3n) is 2.93. The molecule has 0 bridgehead atoms. The maximum Gasteiger partial charge on any atom is 0.314 e. The lowest BCUT2D eigenvalue weighted by Crippen LogP contribution is -2.17. The molecule has 1 aromatic carbocycles. The van der Waals surface area contributed by atoms with Crippen molar-refractivity contribution >= 4 is 5.97 Å². The number of carbonyl (C=O) groups is 1. The van der Waals surface area contributed by atoms with Crippen LogP contribution >= 0.6 is 0 Å². The molecule has 0 radical (unpaired) electrons. The van der Waals surface area contributed by atoms with Crippen LogP contribution in [0.4, 0.5) is 0 Å². The molecule has 2 rings (SSSR count). The number of carbonyl (C=O) groups excluding carboxylic acids is 1. The summed E-state index contributed by atoms with van der Waals surface area (Å²) in [5.74, 6) is 0.736. The number of aryl methyl sites for hydroxylation is 1. The Morgan fingerprint density at radius 2 is 1.80 bits per heavy atom. The smallest absolute Gasteiger partial charge is 0.314 e. The predicted octanol–water partition coefficient (Wildman–Crippen LogP) is 3.09. The van der Waals surface area contributed by atoms with Gasteiger partial charge in [-0.05, 0) is 31.9 Å². The summed E-state index contributed by atoms with van der Waals surface area (Å²) in [5, 5.41) is 0. The van der Waals surface area contributed by atoms with Crippen LogP contribution in [0, 0.1) is 12.8 Å². The Bertz CT molecular complexity index is 334. The molecular weight excluding hydrogens is 188 g/mol. The molecular formula is C13H16O2. The molecule has 15 heavy (non-hydrogen) atoms. The van der Waals surface area contributed by atoms with Crippen molar-refractivity contribution in [3.05, 3.63) is 29.8 Å². The van der Waals surface area contributed by atoms with Gasteiger partial charge in [-0.2, -0.15) is 0 Å². The third kappa shape index (κ3) is 2.58. The second kappa shape index (κ2) is 4.47. The monoisotopic (exact) mass is 204 g/mol. The Morgan fingerprint density at radius 1 is 1.20 bits per heavy atom. The van der Waals surface area contributed by atoms with Gasteiger partial charge >= 0.3 is 5.97 Å². The molecule has 2 nitrogen and oxygen atoms in total. The second-order valence-corrected chi connectivity index (χ2v) is 4.22. The topological polar surface area (TPSA) is 26.3 Å². The van der Waals surface area contributed by atoms with E-state index in [1.165, 1.54) is 5.56 Å². The van der Waals surface area contributed by atoms with E-state index in [1.54, 1.807) is 0 Å². The molecule has 0 amide bonds. The summed E-state index contributed by atoms with van der Waals surface area (Å²) < 4.78 is 5.31. The zero-order valence-electron chi connectivity index (χ0n) is 9.03. The van der Waals surface area contributed by atoms with E-state index in [4.69, 9.17) is 4.74 Å². The minimum absolute atomic E-state index is 0.0589. The van der Waals surface area contributed by atoms with Crippen LogP contribution in [0.15, 0.2) is 24.3 Å². The van der Waals surface area contributed by atoms with Crippen molar-refractivity contribution in [3.8, 4) is 5.75 Å². The molecule has 0 atom stereocenters. The van der Waals surface area contributed by atoms with Crippen LogP contribution in [0.2, 0.25) is 0 Å². The third-order valence-corrected chi connectivity index (χ3v) is 2.93. The summed E-state index contributed by atoms with van der Waals surface area (Å²) in [6, 6.07) is 7.61. The molecule has 0 aromatic heterocycles. The van der Waals surface area contributed by atoms with Gasteiger partial charge in [0.2, 0.25) is 0 Å². The number of esters is 1. The Balaban J connectivity index is 1.96. The number of hydrogen-bond donors (Lipinski definition) is 0. The van der Waals surface area contributed by atoms with Crippen LogP contribution < -0.4 is 4.74 Å². The van der Waals surface area contributed by atoms with Gasteiger partial charge in [-0.15, -0.1) is 0 Å². The highest BCUT2D eigenvalue weighted by atomic mass is 16.5. The fourth-order valence-electron chi connectivity index (χ4n) is 1.97. The summed E-state index contributed by atoms with van der Waals surface area (Å²) in [6.45, 7) is 2.02. The molecule has 1 aliphatic rings. The van der Waals surface area contributed by atoms with E-state index >= 15 is 0 Å². The summed E-state index contributed by atoms with van der Waals surface area (Å²) >= 11 is 0. The molecule has 0 spiro atoms. The normalized spacial score (nSPS) is 16.6. The van der Waals surface area contributed by atoms with Crippen LogP contribution in [0.1, 0.15) is 31.2 Å². The molecule has 2 heteroatoms. The van der Waals surface area contributed by atoms with Crippen molar-refractivity contribution < 1.29 is 9.53 Å².